The highest BCUT2D eigenvalue weighted by molar-refractivity contribution is 7.92. The Bertz CT molecular complexity index is 512. The first-order valence-corrected chi connectivity index (χ1v) is 13.7. The highest BCUT2D eigenvalue weighted by Gasteiger charge is 2.16. The molecule has 0 aromatic heterocycles. The number of unbranched alkanes of at least 4 members (excludes halogenated alkanes) is 11. The molecule has 0 aliphatic rings. The van der Waals surface area contributed by atoms with Crippen LogP contribution in [0.1, 0.15) is 103 Å². The molecule has 0 unspecified atom stereocenters. The molecular weight excluding hydrogens is 382 g/mol. The van der Waals surface area contributed by atoms with Gasteiger partial charge in [-0.3, -0.25) is 4.79 Å². The quantitative estimate of drug-likeness (QED) is 0.167. The van der Waals surface area contributed by atoms with Crippen LogP contribution >= 0.6 is 0 Å². The number of carbonyl (C=O) groups excluding carboxylic acids is 1. The number of nitrogens with zero attached hydrogens (tertiary/aromatic N) is 1. The molecule has 0 aromatic rings. The SMILES string of the molecule is CCCCCCCC/C=C\CCCCCCCC(=O)CS(=O)(=O)CCCN(C)C. The van der Waals surface area contributed by atoms with Crippen LogP contribution in [0, 0.1) is 0 Å². The molecule has 0 spiro atoms. The topological polar surface area (TPSA) is 54.5 Å². The van der Waals surface area contributed by atoms with Gasteiger partial charge in [0.15, 0.2) is 9.84 Å². The number of allylic oxidation sites excluding steroid dienone is 2. The second kappa shape index (κ2) is 19.3. The molecule has 0 bridgehead atoms. The minimum Gasteiger partial charge on any atom is -0.309 e. The number of hydrogen-bond donors (Lipinski definition) is 0. The van der Waals surface area contributed by atoms with Gasteiger partial charge in [0.1, 0.15) is 11.5 Å². The molecule has 0 saturated carbocycles. The maximum atomic E-state index is 11.9. The first-order valence-electron chi connectivity index (χ1n) is 11.9. The van der Waals surface area contributed by atoms with E-state index in [-0.39, 0.29) is 17.3 Å². The predicted molar refractivity (Wildman–Crippen MR) is 126 cm³/mol. The molecule has 0 aromatic carbocycles. The van der Waals surface area contributed by atoms with Crippen molar-refractivity contribution in [1.82, 2.24) is 4.90 Å². The standard InChI is InChI=1S/C24H47NO3S/c1-4-5-6-7-8-9-10-11-12-13-14-15-16-17-18-20-24(26)23-29(27,28)22-19-21-25(2)3/h11-12H,4-10,13-23H2,1-3H3/b12-11-. The van der Waals surface area contributed by atoms with E-state index in [1.807, 2.05) is 19.0 Å². The second-order valence-corrected chi connectivity index (χ2v) is 10.8. The zero-order valence-corrected chi connectivity index (χ0v) is 20.3. The number of sulfone groups is 1. The zero-order valence-electron chi connectivity index (χ0n) is 19.5. The summed E-state index contributed by atoms with van der Waals surface area (Å²) in [6.07, 6.45) is 21.5. The van der Waals surface area contributed by atoms with E-state index in [4.69, 9.17) is 0 Å². The molecule has 0 fully saturated rings. The van der Waals surface area contributed by atoms with Gasteiger partial charge in [0.25, 0.3) is 0 Å². The summed E-state index contributed by atoms with van der Waals surface area (Å²) in [5.74, 6) is -0.278. The summed E-state index contributed by atoms with van der Waals surface area (Å²) in [5, 5.41) is 0. The Balaban J connectivity index is 3.49. The summed E-state index contributed by atoms with van der Waals surface area (Å²) in [6, 6.07) is 0. The highest BCUT2D eigenvalue weighted by Crippen LogP contribution is 2.10. The molecule has 29 heavy (non-hydrogen) atoms. The summed E-state index contributed by atoms with van der Waals surface area (Å²) in [6.45, 7) is 2.99. The van der Waals surface area contributed by atoms with E-state index in [2.05, 4.69) is 19.1 Å². The third-order valence-corrected chi connectivity index (χ3v) is 6.83. The maximum absolute atomic E-state index is 11.9. The van der Waals surface area contributed by atoms with Gasteiger partial charge in [0.05, 0.1) is 5.75 Å². The zero-order chi connectivity index (χ0) is 21.8. The van der Waals surface area contributed by atoms with Gasteiger partial charge in [0.2, 0.25) is 0 Å². The van der Waals surface area contributed by atoms with Crippen molar-refractivity contribution >= 4 is 15.6 Å². The largest absolute Gasteiger partial charge is 0.309 e. The molecule has 0 amide bonds. The molecule has 0 saturated heterocycles. The van der Waals surface area contributed by atoms with Crippen molar-refractivity contribution in [3.63, 3.8) is 0 Å². The van der Waals surface area contributed by atoms with E-state index in [1.165, 1.54) is 57.8 Å². The van der Waals surface area contributed by atoms with Crippen molar-refractivity contribution in [3.05, 3.63) is 12.2 Å². The number of hydrogen-bond acceptors (Lipinski definition) is 4. The maximum Gasteiger partial charge on any atom is 0.157 e. The van der Waals surface area contributed by atoms with E-state index in [9.17, 15) is 13.2 Å². The normalized spacial score (nSPS) is 12.3. The van der Waals surface area contributed by atoms with Crippen molar-refractivity contribution in [3.8, 4) is 0 Å². The molecular formula is C24H47NO3S. The molecule has 0 rings (SSSR count). The van der Waals surface area contributed by atoms with Crippen LogP contribution in [0.5, 0.6) is 0 Å². The van der Waals surface area contributed by atoms with Gasteiger partial charge in [0, 0.05) is 6.42 Å². The Kier molecular flexibility index (Phi) is 18.8. The van der Waals surface area contributed by atoms with Gasteiger partial charge >= 0.3 is 0 Å². The van der Waals surface area contributed by atoms with Crippen LogP contribution in [0.15, 0.2) is 12.2 Å². The lowest BCUT2D eigenvalue weighted by Crippen LogP contribution is -2.22. The lowest BCUT2D eigenvalue weighted by molar-refractivity contribution is -0.116. The fraction of sp³-hybridized carbons (Fsp3) is 0.875. The fourth-order valence-electron chi connectivity index (χ4n) is 3.38. The number of Topliss-reactive ketones (excluding diaryl/α,β-unsaturated/α-hetero) is 1. The molecule has 0 aliphatic carbocycles. The van der Waals surface area contributed by atoms with Crippen molar-refractivity contribution < 1.29 is 13.2 Å². The average molecular weight is 430 g/mol. The van der Waals surface area contributed by atoms with Crippen LogP contribution in [-0.2, 0) is 14.6 Å². The Morgan fingerprint density at radius 2 is 1.28 bits per heavy atom. The van der Waals surface area contributed by atoms with Crippen LogP contribution in [0.3, 0.4) is 0 Å². The van der Waals surface area contributed by atoms with Crippen molar-refractivity contribution in [2.75, 3.05) is 32.1 Å². The Labute approximate surface area is 181 Å². The molecule has 0 aliphatic heterocycles. The highest BCUT2D eigenvalue weighted by atomic mass is 32.2. The number of rotatable bonds is 21. The van der Waals surface area contributed by atoms with Gasteiger partial charge < -0.3 is 4.90 Å². The molecule has 0 radical (unpaired) electrons. The molecule has 0 N–H and O–H groups in total. The third kappa shape index (κ3) is 21.8. The summed E-state index contributed by atoms with van der Waals surface area (Å²) < 4.78 is 23.9. The summed E-state index contributed by atoms with van der Waals surface area (Å²) in [4.78, 5) is 13.9. The Morgan fingerprint density at radius 1 is 0.759 bits per heavy atom. The fourth-order valence-corrected chi connectivity index (χ4v) is 4.73. The van der Waals surface area contributed by atoms with Gasteiger partial charge in [-0.2, -0.15) is 0 Å². The van der Waals surface area contributed by atoms with Crippen LogP contribution in [-0.4, -0.2) is 51.2 Å². The molecule has 172 valence electrons. The van der Waals surface area contributed by atoms with E-state index in [0.29, 0.717) is 12.8 Å². The smallest absolute Gasteiger partial charge is 0.157 e. The van der Waals surface area contributed by atoms with E-state index < -0.39 is 9.84 Å². The molecule has 4 nitrogen and oxygen atoms in total. The monoisotopic (exact) mass is 429 g/mol. The molecule has 0 heterocycles. The molecule has 5 heteroatoms. The average Bonchev–Trinajstić information content (AvgIpc) is 2.64. The molecule has 0 atom stereocenters. The van der Waals surface area contributed by atoms with Crippen molar-refractivity contribution in [1.29, 1.82) is 0 Å². The first kappa shape index (κ1) is 28.3. The van der Waals surface area contributed by atoms with Crippen molar-refractivity contribution in [2.45, 2.75) is 103 Å². The van der Waals surface area contributed by atoms with Gasteiger partial charge in [-0.15, -0.1) is 0 Å². The predicted octanol–water partition coefficient (Wildman–Crippen LogP) is 5.96. The van der Waals surface area contributed by atoms with Gasteiger partial charge in [-0.1, -0.05) is 70.4 Å². The van der Waals surface area contributed by atoms with Crippen LogP contribution in [0.25, 0.3) is 0 Å². The minimum absolute atomic E-state index is 0.114. The number of carbonyl (C=O) groups is 1. The van der Waals surface area contributed by atoms with E-state index in [0.717, 1.165) is 32.2 Å². The minimum atomic E-state index is -3.23. The third-order valence-electron chi connectivity index (χ3n) is 5.16. The van der Waals surface area contributed by atoms with E-state index >= 15 is 0 Å². The summed E-state index contributed by atoms with van der Waals surface area (Å²) in [5.41, 5.74) is 0. The van der Waals surface area contributed by atoms with Crippen LogP contribution in [0.2, 0.25) is 0 Å². The van der Waals surface area contributed by atoms with Gasteiger partial charge in [-0.05, 0) is 59.2 Å². The van der Waals surface area contributed by atoms with Gasteiger partial charge in [-0.25, -0.2) is 8.42 Å². The first-order chi connectivity index (χ1) is 13.9. The number of ketones is 1. The summed E-state index contributed by atoms with van der Waals surface area (Å²) in [7, 11) is 0.611. The van der Waals surface area contributed by atoms with E-state index in [1.54, 1.807) is 0 Å². The van der Waals surface area contributed by atoms with Crippen molar-refractivity contribution in [2.24, 2.45) is 0 Å². The van der Waals surface area contributed by atoms with Crippen LogP contribution in [0.4, 0.5) is 0 Å². The van der Waals surface area contributed by atoms with Crippen LogP contribution < -0.4 is 0 Å². The Morgan fingerprint density at radius 3 is 1.83 bits per heavy atom. The lowest BCUT2D eigenvalue weighted by atomic mass is 10.1. The second-order valence-electron chi connectivity index (χ2n) is 8.62. The lowest BCUT2D eigenvalue weighted by Gasteiger charge is -2.09. The summed E-state index contributed by atoms with van der Waals surface area (Å²) >= 11 is 0. The Hall–Kier alpha value is -0.680.